The average Bonchev–Trinajstić information content (AvgIpc) is 2.87. The van der Waals surface area contributed by atoms with Gasteiger partial charge in [0.25, 0.3) is 0 Å². The molecule has 0 aromatic carbocycles. The molecule has 84 valence electrons. The number of aromatic nitrogens is 3. The van der Waals surface area contributed by atoms with Crippen LogP contribution in [-0.2, 0) is 11.8 Å². The average molecular weight is 272 g/mol. The van der Waals surface area contributed by atoms with Crippen LogP contribution in [0.5, 0.6) is 0 Å². The monoisotopic (exact) mass is 271 g/mol. The van der Waals surface area contributed by atoms with Crippen LogP contribution >= 0.6 is 15.9 Å². The molecule has 2 rings (SSSR count). The third-order valence-electron chi connectivity index (χ3n) is 2.56. The summed E-state index contributed by atoms with van der Waals surface area (Å²) in [5.74, 6) is 2.23. The quantitative estimate of drug-likeness (QED) is 0.791. The second kappa shape index (κ2) is 3.89. The molecule has 4 heteroatoms. The van der Waals surface area contributed by atoms with Crippen LogP contribution in [0.2, 0.25) is 0 Å². The van der Waals surface area contributed by atoms with Gasteiger partial charge in [0.05, 0.1) is 5.33 Å². The molecule has 1 fully saturated rings. The van der Waals surface area contributed by atoms with Crippen LogP contribution in [0.3, 0.4) is 0 Å². The smallest absolute Gasteiger partial charge is 0.143 e. The first kappa shape index (κ1) is 11.1. The van der Waals surface area contributed by atoms with Crippen molar-refractivity contribution in [1.82, 2.24) is 14.8 Å². The number of nitrogens with zero attached hydrogens (tertiary/aromatic N) is 3. The van der Waals surface area contributed by atoms with Crippen molar-refractivity contribution >= 4 is 15.9 Å². The summed E-state index contributed by atoms with van der Waals surface area (Å²) >= 11 is 3.47. The Bertz CT molecular complexity index is 347. The minimum absolute atomic E-state index is 0.281. The minimum atomic E-state index is 0.281. The normalized spacial score (nSPS) is 17.1. The van der Waals surface area contributed by atoms with Crippen LogP contribution in [-0.4, -0.2) is 14.8 Å². The molecule has 0 aliphatic heterocycles. The molecular weight excluding hydrogens is 254 g/mol. The second-order valence-electron chi connectivity index (χ2n) is 5.50. The van der Waals surface area contributed by atoms with Crippen LogP contribution in [0.4, 0.5) is 0 Å². The maximum absolute atomic E-state index is 4.32. The summed E-state index contributed by atoms with van der Waals surface area (Å²) in [6, 6.07) is 0.671. The Morgan fingerprint density at radius 2 is 1.87 bits per heavy atom. The molecular formula is C11H18BrN3. The van der Waals surface area contributed by atoms with Crippen molar-refractivity contribution in [2.45, 2.75) is 51.4 Å². The zero-order valence-corrected chi connectivity index (χ0v) is 11.2. The topological polar surface area (TPSA) is 30.7 Å². The first-order valence-corrected chi connectivity index (χ1v) is 6.62. The van der Waals surface area contributed by atoms with Gasteiger partial charge in [-0.3, -0.25) is 0 Å². The van der Waals surface area contributed by atoms with Gasteiger partial charge in [-0.15, -0.1) is 10.2 Å². The molecule has 1 aromatic heterocycles. The van der Waals surface area contributed by atoms with Crippen molar-refractivity contribution in [3.05, 3.63) is 11.6 Å². The first-order chi connectivity index (χ1) is 7.01. The van der Waals surface area contributed by atoms with E-state index in [1.54, 1.807) is 0 Å². The fourth-order valence-corrected chi connectivity index (χ4v) is 2.18. The zero-order chi connectivity index (χ0) is 11.1. The Hall–Kier alpha value is -0.380. The van der Waals surface area contributed by atoms with E-state index >= 15 is 0 Å². The lowest BCUT2D eigenvalue weighted by molar-refractivity contribution is 0.391. The summed E-state index contributed by atoms with van der Waals surface area (Å²) in [5.41, 5.74) is 0.281. The fourth-order valence-electron chi connectivity index (χ4n) is 1.80. The maximum atomic E-state index is 4.32. The van der Waals surface area contributed by atoms with Crippen LogP contribution in [0.1, 0.15) is 51.3 Å². The summed E-state index contributed by atoms with van der Waals surface area (Å²) in [6.45, 7) is 6.73. The van der Waals surface area contributed by atoms with Crippen LogP contribution in [0, 0.1) is 5.41 Å². The predicted molar refractivity (Wildman–Crippen MR) is 64.1 cm³/mol. The van der Waals surface area contributed by atoms with Gasteiger partial charge in [-0.05, 0) is 18.3 Å². The van der Waals surface area contributed by atoms with Crippen molar-refractivity contribution in [3.8, 4) is 0 Å². The Labute approximate surface area is 99.4 Å². The minimum Gasteiger partial charge on any atom is -0.311 e. The van der Waals surface area contributed by atoms with Crippen molar-refractivity contribution in [2.24, 2.45) is 5.41 Å². The zero-order valence-electron chi connectivity index (χ0n) is 9.63. The molecule has 0 atom stereocenters. The molecule has 0 radical (unpaired) electrons. The van der Waals surface area contributed by atoms with E-state index in [1.165, 1.54) is 12.8 Å². The molecule has 0 amide bonds. The Kier molecular flexibility index (Phi) is 2.88. The summed E-state index contributed by atoms with van der Waals surface area (Å²) in [4.78, 5) is 0. The van der Waals surface area contributed by atoms with E-state index in [4.69, 9.17) is 0 Å². The third kappa shape index (κ3) is 2.60. The van der Waals surface area contributed by atoms with Gasteiger partial charge in [-0.2, -0.15) is 0 Å². The van der Waals surface area contributed by atoms with Gasteiger partial charge in [0.15, 0.2) is 0 Å². The van der Waals surface area contributed by atoms with Gasteiger partial charge in [0.1, 0.15) is 11.6 Å². The molecule has 1 aliphatic rings. The fraction of sp³-hybridized carbons (Fsp3) is 0.818. The molecule has 0 spiro atoms. The Morgan fingerprint density at radius 3 is 2.33 bits per heavy atom. The van der Waals surface area contributed by atoms with E-state index in [9.17, 15) is 0 Å². The van der Waals surface area contributed by atoms with E-state index < -0.39 is 0 Å². The lowest BCUT2D eigenvalue weighted by atomic mass is 9.92. The van der Waals surface area contributed by atoms with Crippen LogP contribution in [0.25, 0.3) is 0 Å². The molecule has 1 heterocycles. The van der Waals surface area contributed by atoms with E-state index in [1.807, 2.05) is 0 Å². The van der Waals surface area contributed by atoms with E-state index in [0.29, 0.717) is 6.04 Å². The highest BCUT2D eigenvalue weighted by molar-refractivity contribution is 9.08. The van der Waals surface area contributed by atoms with Gasteiger partial charge in [-0.1, -0.05) is 36.7 Å². The number of hydrogen-bond acceptors (Lipinski definition) is 2. The van der Waals surface area contributed by atoms with Gasteiger partial charge in [-0.25, -0.2) is 0 Å². The number of halogens is 1. The van der Waals surface area contributed by atoms with Crippen LogP contribution < -0.4 is 0 Å². The maximum Gasteiger partial charge on any atom is 0.143 e. The highest BCUT2D eigenvalue weighted by Gasteiger charge is 2.30. The van der Waals surface area contributed by atoms with Crippen molar-refractivity contribution < 1.29 is 0 Å². The van der Waals surface area contributed by atoms with Gasteiger partial charge in [0, 0.05) is 12.5 Å². The molecule has 1 saturated carbocycles. The highest BCUT2D eigenvalue weighted by atomic mass is 79.9. The van der Waals surface area contributed by atoms with Gasteiger partial charge >= 0.3 is 0 Å². The summed E-state index contributed by atoms with van der Waals surface area (Å²) in [7, 11) is 0. The first-order valence-electron chi connectivity index (χ1n) is 5.50. The Balaban J connectivity index is 2.26. The lowest BCUT2D eigenvalue weighted by Gasteiger charge is -2.18. The van der Waals surface area contributed by atoms with E-state index in [2.05, 4.69) is 51.5 Å². The van der Waals surface area contributed by atoms with E-state index in [-0.39, 0.29) is 5.41 Å². The second-order valence-corrected chi connectivity index (χ2v) is 6.07. The summed E-state index contributed by atoms with van der Waals surface area (Å²) < 4.78 is 2.33. The molecule has 1 aliphatic carbocycles. The van der Waals surface area contributed by atoms with Gasteiger partial charge in [0.2, 0.25) is 0 Å². The summed E-state index contributed by atoms with van der Waals surface area (Å²) in [6.07, 6.45) is 3.58. The molecule has 15 heavy (non-hydrogen) atoms. The molecule has 1 aromatic rings. The van der Waals surface area contributed by atoms with Crippen molar-refractivity contribution in [3.63, 3.8) is 0 Å². The molecule has 0 bridgehead atoms. The molecule has 3 nitrogen and oxygen atoms in total. The van der Waals surface area contributed by atoms with Crippen molar-refractivity contribution in [2.75, 3.05) is 0 Å². The lowest BCUT2D eigenvalue weighted by Crippen LogP contribution is -2.14. The molecule has 0 N–H and O–H groups in total. The van der Waals surface area contributed by atoms with E-state index in [0.717, 1.165) is 23.4 Å². The standard InChI is InChI=1S/C11H18BrN3/c1-11(2,3)6-9-13-14-10(7-12)15(9)8-4-5-8/h8H,4-7H2,1-3H3. The van der Waals surface area contributed by atoms with Crippen molar-refractivity contribution in [1.29, 1.82) is 0 Å². The highest BCUT2D eigenvalue weighted by Crippen LogP contribution is 2.38. The number of alkyl halides is 1. The SMILES string of the molecule is CC(C)(C)Cc1nnc(CBr)n1C1CC1. The largest absolute Gasteiger partial charge is 0.311 e. The Morgan fingerprint density at radius 1 is 1.27 bits per heavy atom. The predicted octanol–water partition coefficient (Wildman–Crippen LogP) is 3.10. The van der Waals surface area contributed by atoms with Crippen LogP contribution in [0.15, 0.2) is 0 Å². The number of hydrogen-bond donors (Lipinski definition) is 0. The number of rotatable bonds is 3. The summed E-state index contributed by atoms with van der Waals surface area (Å²) in [5, 5.41) is 9.37. The molecule has 0 saturated heterocycles. The van der Waals surface area contributed by atoms with Gasteiger partial charge < -0.3 is 4.57 Å². The molecule has 0 unspecified atom stereocenters. The third-order valence-corrected chi connectivity index (χ3v) is 3.06.